The summed E-state index contributed by atoms with van der Waals surface area (Å²) in [5.74, 6) is -0.391. The standard InChI is InChI=1S/C36H38ClN3O4S/c37-30-19-8-7-14-28(30)25-39(32(24-26-12-3-1-4-13-26)36(42)38-29-17-5-2-6-18-29)34(41)22-11-23-40-31-20-9-15-27-16-10-21-33(35(27)31)45(40,43)44/h1,3-4,7-10,12-16,19-21,29,32H,2,5-6,11,17-18,22-25H2,(H,38,42)/t32-/m1/s1. The molecule has 1 aliphatic heterocycles. The van der Waals surface area contributed by atoms with Gasteiger partial charge in [0, 0.05) is 42.4 Å². The smallest absolute Gasteiger partial charge is 0.265 e. The lowest BCUT2D eigenvalue weighted by Gasteiger charge is -2.34. The van der Waals surface area contributed by atoms with Crippen LogP contribution in [0.5, 0.6) is 0 Å². The van der Waals surface area contributed by atoms with Gasteiger partial charge in [-0.25, -0.2) is 8.42 Å². The number of nitrogens with zero attached hydrogens (tertiary/aromatic N) is 2. The minimum atomic E-state index is -3.73. The maximum Gasteiger partial charge on any atom is 0.265 e. The van der Waals surface area contributed by atoms with E-state index in [9.17, 15) is 18.0 Å². The highest BCUT2D eigenvalue weighted by Crippen LogP contribution is 2.42. The highest BCUT2D eigenvalue weighted by molar-refractivity contribution is 7.93. The van der Waals surface area contributed by atoms with E-state index in [0.717, 1.165) is 42.2 Å². The third-order valence-electron chi connectivity index (χ3n) is 8.95. The van der Waals surface area contributed by atoms with Gasteiger partial charge in [-0.3, -0.25) is 13.9 Å². The molecule has 4 aromatic rings. The SMILES string of the molecule is O=C(NC1CCCCC1)[C@@H](Cc1ccccc1)N(Cc1ccccc1Cl)C(=O)CCCN1c2cccc3cccc(c23)S1(=O)=O. The van der Waals surface area contributed by atoms with Crippen molar-refractivity contribution in [2.45, 2.75) is 74.9 Å². The Morgan fingerprint density at radius 1 is 0.889 bits per heavy atom. The average molecular weight is 644 g/mol. The van der Waals surface area contributed by atoms with Gasteiger partial charge in [-0.2, -0.15) is 0 Å². The maximum atomic E-state index is 14.2. The van der Waals surface area contributed by atoms with Gasteiger partial charge in [-0.1, -0.05) is 104 Å². The Morgan fingerprint density at radius 2 is 1.60 bits per heavy atom. The van der Waals surface area contributed by atoms with E-state index in [1.807, 2.05) is 72.8 Å². The van der Waals surface area contributed by atoms with Gasteiger partial charge in [-0.15, -0.1) is 0 Å². The zero-order valence-corrected chi connectivity index (χ0v) is 26.8. The van der Waals surface area contributed by atoms with Crippen molar-refractivity contribution in [2.24, 2.45) is 0 Å². The van der Waals surface area contributed by atoms with Crippen molar-refractivity contribution in [2.75, 3.05) is 10.8 Å². The van der Waals surface area contributed by atoms with Gasteiger partial charge in [0.15, 0.2) is 0 Å². The number of hydrogen-bond donors (Lipinski definition) is 1. The van der Waals surface area contributed by atoms with Crippen molar-refractivity contribution in [1.29, 1.82) is 0 Å². The topological polar surface area (TPSA) is 86.8 Å². The quantitative estimate of drug-likeness (QED) is 0.193. The molecule has 1 N–H and O–H groups in total. The lowest BCUT2D eigenvalue weighted by atomic mass is 9.94. The lowest BCUT2D eigenvalue weighted by Crippen LogP contribution is -2.53. The molecule has 45 heavy (non-hydrogen) atoms. The Labute approximate surface area is 270 Å². The van der Waals surface area contributed by atoms with Crippen molar-refractivity contribution >= 4 is 49.9 Å². The van der Waals surface area contributed by atoms with Crippen molar-refractivity contribution < 1.29 is 18.0 Å². The van der Waals surface area contributed by atoms with Crippen molar-refractivity contribution in [3.8, 4) is 0 Å². The van der Waals surface area contributed by atoms with E-state index in [4.69, 9.17) is 11.6 Å². The molecule has 2 amide bonds. The minimum absolute atomic E-state index is 0.0742. The first-order valence-corrected chi connectivity index (χ1v) is 17.6. The van der Waals surface area contributed by atoms with Crippen molar-refractivity contribution in [3.05, 3.63) is 107 Å². The number of rotatable bonds is 11. The average Bonchev–Trinajstić information content (AvgIpc) is 3.27. The van der Waals surface area contributed by atoms with E-state index in [-0.39, 0.29) is 37.4 Å². The first-order valence-electron chi connectivity index (χ1n) is 15.7. The molecule has 234 valence electrons. The summed E-state index contributed by atoms with van der Waals surface area (Å²) < 4.78 is 28.4. The molecule has 7 nitrogen and oxygen atoms in total. The fourth-order valence-electron chi connectivity index (χ4n) is 6.62. The predicted molar refractivity (Wildman–Crippen MR) is 179 cm³/mol. The molecule has 0 unspecified atom stereocenters. The number of benzene rings is 4. The summed E-state index contributed by atoms with van der Waals surface area (Å²) in [6.07, 6.45) is 5.91. The fraction of sp³-hybridized carbons (Fsp3) is 0.333. The molecule has 1 saturated carbocycles. The van der Waals surface area contributed by atoms with E-state index in [1.54, 1.807) is 23.1 Å². The molecule has 1 aliphatic carbocycles. The van der Waals surface area contributed by atoms with Gasteiger partial charge in [-0.05, 0) is 54.0 Å². The van der Waals surface area contributed by atoms with Crippen LogP contribution < -0.4 is 9.62 Å². The van der Waals surface area contributed by atoms with Gasteiger partial charge < -0.3 is 10.2 Å². The number of sulfonamides is 1. The molecule has 9 heteroatoms. The van der Waals surface area contributed by atoms with Crippen LogP contribution in [0.25, 0.3) is 10.8 Å². The Balaban J connectivity index is 1.25. The lowest BCUT2D eigenvalue weighted by molar-refractivity contribution is -0.141. The predicted octanol–water partition coefficient (Wildman–Crippen LogP) is 6.87. The summed E-state index contributed by atoms with van der Waals surface area (Å²) in [7, 11) is -3.73. The third-order valence-corrected chi connectivity index (χ3v) is 11.2. The molecule has 4 aromatic carbocycles. The number of carbonyl (C=O) groups excluding carboxylic acids is 2. The van der Waals surface area contributed by atoms with Gasteiger partial charge in [0.2, 0.25) is 11.8 Å². The molecule has 0 spiro atoms. The molecular weight excluding hydrogens is 606 g/mol. The van der Waals surface area contributed by atoms with Crippen molar-refractivity contribution in [1.82, 2.24) is 10.2 Å². The van der Waals surface area contributed by atoms with Crippen molar-refractivity contribution in [3.63, 3.8) is 0 Å². The molecule has 2 aliphatic rings. The van der Waals surface area contributed by atoms with Crippen LogP contribution in [-0.2, 0) is 32.6 Å². The Morgan fingerprint density at radius 3 is 2.36 bits per heavy atom. The number of nitrogens with one attached hydrogen (secondary N) is 1. The molecular formula is C36H38ClN3O4S. The molecule has 0 radical (unpaired) electrons. The van der Waals surface area contributed by atoms with Crippen LogP contribution in [0.2, 0.25) is 5.02 Å². The Kier molecular flexibility index (Phi) is 9.42. The first-order chi connectivity index (χ1) is 21.8. The molecule has 6 rings (SSSR count). The first kappa shape index (κ1) is 31.1. The monoisotopic (exact) mass is 643 g/mol. The largest absolute Gasteiger partial charge is 0.352 e. The summed E-state index contributed by atoms with van der Waals surface area (Å²) in [6, 6.07) is 27.3. The van der Waals surface area contributed by atoms with E-state index < -0.39 is 16.1 Å². The molecule has 1 atom stereocenters. The minimum Gasteiger partial charge on any atom is -0.352 e. The third kappa shape index (κ3) is 6.72. The van der Waals surface area contributed by atoms with Crippen LogP contribution in [0.3, 0.4) is 0 Å². The number of anilines is 1. The second-order valence-corrected chi connectivity index (χ2v) is 14.2. The number of halogens is 1. The normalized spacial score (nSPS) is 16.4. The van der Waals surface area contributed by atoms with E-state index >= 15 is 0 Å². The molecule has 0 saturated heterocycles. The zero-order valence-electron chi connectivity index (χ0n) is 25.2. The fourth-order valence-corrected chi connectivity index (χ4v) is 8.57. The maximum absolute atomic E-state index is 14.2. The van der Waals surface area contributed by atoms with E-state index in [1.165, 1.54) is 10.7 Å². The second kappa shape index (κ2) is 13.6. The summed E-state index contributed by atoms with van der Waals surface area (Å²) in [5.41, 5.74) is 2.34. The van der Waals surface area contributed by atoms with Crippen LogP contribution in [0.4, 0.5) is 5.69 Å². The van der Waals surface area contributed by atoms with Crippen LogP contribution >= 0.6 is 11.6 Å². The molecule has 1 heterocycles. The zero-order chi connectivity index (χ0) is 31.4. The highest BCUT2D eigenvalue weighted by Gasteiger charge is 2.36. The Bertz CT molecular complexity index is 1790. The van der Waals surface area contributed by atoms with Gasteiger partial charge in [0.25, 0.3) is 10.0 Å². The summed E-state index contributed by atoms with van der Waals surface area (Å²) in [5, 5.41) is 5.36. The number of carbonyl (C=O) groups is 2. The van der Waals surface area contributed by atoms with Crippen LogP contribution in [-0.4, -0.2) is 43.8 Å². The number of amides is 2. The summed E-state index contributed by atoms with van der Waals surface area (Å²) in [6.45, 7) is 0.320. The highest BCUT2D eigenvalue weighted by atomic mass is 35.5. The van der Waals surface area contributed by atoms with Gasteiger partial charge in [0.05, 0.1) is 10.6 Å². The van der Waals surface area contributed by atoms with Crippen LogP contribution in [0.15, 0.2) is 95.9 Å². The van der Waals surface area contributed by atoms with Crippen LogP contribution in [0, 0.1) is 0 Å². The van der Waals surface area contributed by atoms with Crippen LogP contribution in [0.1, 0.15) is 56.1 Å². The molecule has 0 bridgehead atoms. The Hall–Kier alpha value is -3.88. The molecule has 1 fully saturated rings. The van der Waals surface area contributed by atoms with Gasteiger partial charge in [0.1, 0.15) is 6.04 Å². The summed E-state index contributed by atoms with van der Waals surface area (Å²) >= 11 is 6.57. The van der Waals surface area contributed by atoms with E-state index in [2.05, 4.69) is 5.32 Å². The summed E-state index contributed by atoms with van der Waals surface area (Å²) in [4.78, 5) is 30.1. The second-order valence-electron chi connectivity index (χ2n) is 12.0. The number of hydrogen-bond acceptors (Lipinski definition) is 4. The van der Waals surface area contributed by atoms with Gasteiger partial charge >= 0.3 is 0 Å². The molecule has 0 aromatic heterocycles. The van der Waals surface area contributed by atoms with E-state index in [0.29, 0.717) is 33.8 Å².